The van der Waals surface area contributed by atoms with Gasteiger partial charge in [-0.05, 0) is 128 Å². The van der Waals surface area contributed by atoms with Crippen LogP contribution in [-0.2, 0) is 28.6 Å². The lowest BCUT2D eigenvalue weighted by atomic mass is 10.1. The fourth-order valence-corrected chi connectivity index (χ4v) is 7.60. The molecule has 0 spiro atoms. The molecule has 420 valence electrons. The average Bonchev–Trinajstić information content (AvgIpc) is 3.41. The zero-order valence-corrected chi connectivity index (χ0v) is 48.0. The van der Waals surface area contributed by atoms with Gasteiger partial charge in [0.15, 0.2) is 6.10 Å². The smallest absolute Gasteiger partial charge is 0.306 e. The van der Waals surface area contributed by atoms with Crippen LogP contribution in [0.25, 0.3) is 0 Å². The first-order chi connectivity index (χ1) is 37.0. The molecular formula is C69H108O6. The molecule has 1 unspecified atom stereocenters. The summed E-state index contributed by atoms with van der Waals surface area (Å²) in [6.45, 7) is 6.31. The van der Waals surface area contributed by atoms with Crippen molar-refractivity contribution in [3.8, 4) is 0 Å². The molecule has 0 amide bonds. The Balaban J connectivity index is 4.33. The van der Waals surface area contributed by atoms with Gasteiger partial charge < -0.3 is 14.2 Å². The first kappa shape index (κ1) is 70.0. The van der Waals surface area contributed by atoms with Crippen molar-refractivity contribution in [1.29, 1.82) is 0 Å². The number of hydrogen-bond acceptors (Lipinski definition) is 6. The highest BCUT2D eigenvalue weighted by atomic mass is 16.6. The van der Waals surface area contributed by atoms with Crippen LogP contribution >= 0.6 is 0 Å². The monoisotopic (exact) mass is 1030 g/mol. The number of ether oxygens (including phenoxy) is 3. The predicted molar refractivity (Wildman–Crippen MR) is 325 cm³/mol. The van der Waals surface area contributed by atoms with Gasteiger partial charge in [-0.2, -0.15) is 0 Å². The van der Waals surface area contributed by atoms with Crippen LogP contribution < -0.4 is 0 Å². The van der Waals surface area contributed by atoms with E-state index in [-0.39, 0.29) is 31.1 Å². The van der Waals surface area contributed by atoms with Gasteiger partial charge in [0, 0.05) is 19.3 Å². The average molecular weight is 1030 g/mol. The SMILES string of the molecule is CC/C=C\C/C=C\C/C=C\C/C=C\C/C=C\C/C=C\C/C=C\C/C=C\CCCCC(=O)OCC(COC(=O)CCCCCCCCC)OC(=O)CCCCCCCCC/C=C\C/C=C\C/C=C\C/C=C\C/C=C\CC. The van der Waals surface area contributed by atoms with Crippen molar-refractivity contribution < 1.29 is 28.6 Å². The molecule has 0 aromatic rings. The van der Waals surface area contributed by atoms with Crippen molar-refractivity contribution in [2.75, 3.05) is 13.2 Å². The molecular weight excluding hydrogens is 925 g/mol. The van der Waals surface area contributed by atoms with Gasteiger partial charge in [-0.3, -0.25) is 14.4 Å². The van der Waals surface area contributed by atoms with Gasteiger partial charge in [-0.15, -0.1) is 0 Å². The maximum atomic E-state index is 12.8. The Morgan fingerprint density at radius 1 is 0.280 bits per heavy atom. The highest BCUT2D eigenvalue weighted by Crippen LogP contribution is 2.13. The molecule has 0 aromatic carbocycles. The molecule has 6 nitrogen and oxygen atoms in total. The standard InChI is InChI=1S/C69H108O6/c1-4-7-10-13-16-18-20-22-24-26-28-30-32-33-34-35-37-38-40-42-44-46-48-50-53-56-59-62-68(71)74-65-66(64-73-67(70)61-58-55-52-15-12-9-6-3)75-69(72)63-60-57-54-51-49-47-45-43-41-39-36-31-29-27-25-23-21-19-17-14-11-8-5-2/h7-8,10-11,16-19,22-25,28-31,33-34,37-39,41-42,44,48,50,66H,4-6,9,12-15,20-21,26-27,32,35-36,40,43,45-47,49,51-65H2,1-3H3/b10-7-,11-8-,18-16-,19-17-,24-22-,25-23-,30-28-,31-29-,34-33-,38-37-,41-39-,44-42-,50-48-. The van der Waals surface area contributed by atoms with E-state index in [4.69, 9.17) is 14.2 Å². The van der Waals surface area contributed by atoms with Crippen molar-refractivity contribution in [3.05, 3.63) is 158 Å². The lowest BCUT2D eigenvalue weighted by molar-refractivity contribution is -0.167. The fraction of sp³-hybridized carbons (Fsp3) is 0.580. The Morgan fingerprint density at radius 2 is 0.520 bits per heavy atom. The van der Waals surface area contributed by atoms with Crippen molar-refractivity contribution in [3.63, 3.8) is 0 Å². The molecule has 0 bridgehead atoms. The van der Waals surface area contributed by atoms with Crippen LogP contribution in [0.3, 0.4) is 0 Å². The van der Waals surface area contributed by atoms with E-state index in [0.29, 0.717) is 25.7 Å². The minimum atomic E-state index is -0.808. The quantitative estimate of drug-likeness (QED) is 0.0261. The zero-order valence-electron chi connectivity index (χ0n) is 48.0. The molecule has 6 heteroatoms. The topological polar surface area (TPSA) is 78.9 Å². The van der Waals surface area contributed by atoms with Gasteiger partial charge in [0.2, 0.25) is 0 Å². The maximum absolute atomic E-state index is 12.8. The number of hydrogen-bond donors (Lipinski definition) is 0. The predicted octanol–water partition coefficient (Wildman–Crippen LogP) is 20.5. The van der Waals surface area contributed by atoms with E-state index in [1.165, 1.54) is 44.9 Å². The largest absolute Gasteiger partial charge is 0.462 e. The van der Waals surface area contributed by atoms with Gasteiger partial charge in [-0.25, -0.2) is 0 Å². The minimum Gasteiger partial charge on any atom is -0.462 e. The first-order valence-corrected chi connectivity index (χ1v) is 30.0. The second kappa shape index (κ2) is 61.6. The lowest BCUT2D eigenvalue weighted by Gasteiger charge is -2.18. The molecule has 0 aliphatic rings. The Morgan fingerprint density at radius 3 is 0.840 bits per heavy atom. The molecule has 0 heterocycles. The molecule has 0 saturated carbocycles. The number of rotatable bonds is 52. The second-order valence-corrected chi connectivity index (χ2v) is 19.1. The van der Waals surface area contributed by atoms with Crippen LogP contribution in [0, 0.1) is 0 Å². The van der Waals surface area contributed by atoms with Crippen molar-refractivity contribution in [2.45, 2.75) is 245 Å². The molecule has 0 saturated heterocycles. The highest BCUT2D eigenvalue weighted by molar-refractivity contribution is 5.71. The lowest BCUT2D eigenvalue weighted by Crippen LogP contribution is -2.30. The maximum Gasteiger partial charge on any atom is 0.306 e. The number of carbonyl (C=O) groups is 3. The first-order valence-electron chi connectivity index (χ1n) is 30.0. The Kier molecular flexibility index (Phi) is 57.5. The summed E-state index contributed by atoms with van der Waals surface area (Å²) in [5.41, 5.74) is 0. The number of unbranched alkanes of at least 4 members (excludes halogenated alkanes) is 15. The van der Waals surface area contributed by atoms with Crippen LogP contribution in [-0.4, -0.2) is 37.2 Å². The molecule has 0 N–H and O–H groups in total. The third kappa shape index (κ3) is 59.8. The number of esters is 3. The normalized spacial score (nSPS) is 13.3. The Bertz CT molecular complexity index is 1710. The van der Waals surface area contributed by atoms with Crippen LogP contribution in [0.2, 0.25) is 0 Å². The fourth-order valence-electron chi connectivity index (χ4n) is 7.60. The summed E-state index contributed by atoms with van der Waals surface area (Å²) in [7, 11) is 0. The van der Waals surface area contributed by atoms with E-state index in [0.717, 1.165) is 148 Å². The zero-order chi connectivity index (χ0) is 54.3. The third-order valence-corrected chi connectivity index (χ3v) is 12.0. The van der Waals surface area contributed by atoms with Gasteiger partial charge in [0.05, 0.1) is 0 Å². The van der Waals surface area contributed by atoms with E-state index in [1.54, 1.807) is 0 Å². The summed E-state index contributed by atoms with van der Waals surface area (Å²) in [5, 5.41) is 0. The van der Waals surface area contributed by atoms with E-state index in [9.17, 15) is 14.4 Å². The number of allylic oxidation sites excluding steroid dienone is 26. The summed E-state index contributed by atoms with van der Waals surface area (Å²) in [4.78, 5) is 38.0. The van der Waals surface area contributed by atoms with Crippen LogP contribution in [0.4, 0.5) is 0 Å². The Hall–Kier alpha value is -4.97. The van der Waals surface area contributed by atoms with Crippen LogP contribution in [0.1, 0.15) is 239 Å². The van der Waals surface area contributed by atoms with E-state index in [1.807, 2.05) is 0 Å². The summed E-state index contributed by atoms with van der Waals surface area (Å²) in [6.07, 6.45) is 89.7. The van der Waals surface area contributed by atoms with Crippen LogP contribution in [0.5, 0.6) is 0 Å². The molecule has 0 fully saturated rings. The van der Waals surface area contributed by atoms with Gasteiger partial charge in [0.25, 0.3) is 0 Å². The summed E-state index contributed by atoms with van der Waals surface area (Å²) in [5.74, 6) is -0.974. The molecule has 0 rings (SSSR count). The van der Waals surface area contributed by atoms with Crippen molar-refractivity contribution in [1.82, 2.24) is 0 Å². The molecule has 1 atom stereocenters. The molecule has 0 radical (unpaired) electrons. The van der Waals surface area contributed by atoms with E-state index < -0.39 is 6.10 Å². The van der Waals surface area contributed by atoms with Crippen molar-refractivity contribution in [2.24, 2.45) is 0 Å². The van der Waals surface area contributed by atoms with Crippen molar-refractivity contribution >= 4 is 17.9 Å². The second-order valence-electron chi connectivity index (χ2n) is 19.1. The summed E-state index contributed by atoms with van der Waals surface area (Å²) < 4.78 is 16.8. The summed E-state index contributed by atoms with van der Waals surface area (Å²) in [6, 6.07) is 0. The van der Waals surface area contributed by atoms with Gasteiger partial charge in [-0.1, -0.05) is 249 Å². The van der Waals surface area contributed by atoms with E-state index in [2.05, 4.69) is 179 Å². The molecule has 0 aliphatic carbocycles. The summed E-state index contributed by atoms with van der Waals surface area (Å²) >= 11 is 0. The third-order valence-electron chi connectivity index (χ3n) is 12.0. The number of carbonyl (C=O) groups excluding carboxylic acids is 3. The molecule has 75 heavy (non-hydrogen) atoms. The van der Waals surface area contributed by atoms with Gasteiger partial charge >= 0.3 is 17.9 Å². The van der Waals surface area contributed by atoms with Gasteiger partial charge in [0.1, 0.15) is 13.2 Å². The minimum absolute atomic E-state index is 0.103. The van der Waals surface area contributed by atoms with Crippen LogP contribution in [0.15, 0.2) is 158 Å². The molecule has 0 aromatic heterocycles. The molecule has 0 aliphatic heterocycles. The Labute approximate surface area is 460 Å². The highest BCUT2D eigenvalue weighted by Gasteiger charge is 2.19. The van der Waals surface area contributed by atoms with E-state index >= 15 is 0 Å².